The van der Waals surface area contributed by atoms with Gasteiger partial charge in [-0.05, 0) is 19.3 Å². The molecule has 0 spiro atoms. The molecule has 0 aromatic carbocycles. The molecule has 0 saturated carbocycles. The van der Waals surface area contributed by atoms with E-state index < -0.39 is 0 Å². The number of anilines is 1. The number of fused-ring (bicyclic) bond motifs is 1. The number of aromatic nitrogens is 4. The molecule has 1 amide bonds. The van der Waals surface area contributed by atoms with E-state index in [0.29, 0.717) is 26.6 Å². The number of rotatable bonds is 2. The molecule has 1 aliphatic rings. The van der Waals surface area contributed by atoms with Gasteiger partial charge in [0.05, 0.1) is 17.6 Å². The number of amides is 1. The molecule has 1 fully saturated rings. The summed E-state index contributed by atoms with van der Waals surface area (Å²) in [5, 5.41) is 0. The number of nitrogen functional groups attached to an aromatic ring is 1. The first-order chi connectivity index (χ1) is 11.7. The Bertz CT molecular complexity index is 888. The van der Waals surface area contributed by atoms with Crippen LogP contribution in [0.2, 0.25) is 0 Å². The smallest absolute Gasteiger partial charge is 0.266 e. The first kappa shape index (κ1) is 14.9. The van der Waals surface area contributed by atoms with Crippen LogP contribution >= 0.6 is 11.3 Å². The van der Waals surface area contributed by atoms with Gasteiger partial charge < -0.3 is 10.6 Å². The van der Waals surface area contributed by atoms with E-state index in [1.807, 2.05) is 4.90 Å². The van der Waals surface area contributed by atoms with Crippen molar-refractivity contribution >= 4 is 33.3 Å². The van der Waals surface area contributed by atoms with E-state index in [-0.39, 0.29) is 5.91 Å². The Balaban J connectivity index is 1.73. The summed E-state index contributed by atoms with van der Waals surface area (Å²) in [5.74, 6) is -0.0124. The molecule has 1 saturated heterocycles. The average molecular weight is 340 g/mol. The lowest BCUT2D eigenvalue weighted by Gasteiger charge is -2.26. The van der Waals surface area contributed by atoms with Crippen molar-refractivity contribution in [3.63, 3.8) is 0 Å². The molecule has 3 aromatic heterocycles. The van der Waals surface area contributed by atoms with Crippen LogP contribution in [0.5, 0.6) is 0 Å². The van der Waals surface area contributed by atoms with Crippen LogP contribution in [0, 0.1) is 0 Å². The van der Waals surface area contributed by atoms with Crippen LogP contribution in [0.1, 0.15) is 28.9 Å². The van der Waals surface area contributed by atoms with E-state index in [4.69, 9.17) is 5.73 Å². The predicted octanol–water partition coefficient (Wildman–Crippen LogP) is 2.36. The van der Waals surface area contributed by atoms with Gasteiger partial charge in [0.1, 0.15) is 21.6 Å². The molecule has 7 nitrogen and oxygen atoms in total. The van der Waals surface area contributed by atoms with Crippen molar-refractivity contribution in [2.45, 2.75) is 19.3 Å². The fraction of sp³-hybridized carbons (Fsp3) is 0.312. The van der Waals surface area contributed by atoms with Crippen molar-refractivity contribution in [2.24, 2.45) is 0 Å². The third kappa shape index (κ3) is 2.58. The maximum absolute atomic E-state index is 12.7. The second-order valence-electron chi connectivity index (χ2n) is 5.73. The molecule has 0 radical (unpaired) electrons. The molecule has 4 rings (SSSR count). The Kier molecular flexibility index (Phi) is 3.81. The van der Waals surface area contributed by atoms with Crippen LogP contribution in [0.15, 0.2) is 24.9 Å². The zero-order valence-electron chi connectivity index (χ0n) is 13.0. The van der Waals surface area contributed by atoms with Crippen LogP contribution in [0.25, 0.3) is 21.6 Å². The molecule has 3 aromatic rings. The third-order valence-corrected chi connectivity index (χ3v) is 5.21. The van der Waals surface area contributed by atoms with E-state index in [9.17, 15) is 4.79 Å². The highest BCUT2D eigenvalue weighted by Gasteiger charge is 2.24. The predicted molar refractivity (Wildman–Crippen MR) is 92.6 cm³/mol. The number of hydrogen-bond acceptors (Lipinski definition) is 7. The van der Waals surface area contributed by atoms with Crippen LogP contribution < -0.4 is 5.73 Å². The zero-order chi connectivity index (χ0) is 16.5. The van der Waals surface area contributed by atoms with Gasteiger partial charge in [-0.1, -0.05) is 0 Å². The topological polar surface area (TPSA) is 97.9 Å². The normalized spacial score (nSPS) is 14.9. The molecule has 122 valence electrons. The maximum Gasteiger partial charge on any atom is 0.266 e. The minimum Gasteiger partial charge on any atom is -0.396 e. The molecule has 2 N–H and O–H groups in total. The quantitative estimate of drug-likeness (QED) is 0.769. The summed E-state index contributed by atoms with van der Waals surface area (Å²) < 4.78 is 0. The first-order valence-electron chi connectivity index (χ1n) is 7.83. The summed E-state index contributed by atoms with van der Waals surface area (Å²) >= 11 is 1.30. The summed E-state index contributed by atoms with van der Waals surface area (Å²) in [7, 11) is 0. The number of likely N-dealkylation sites (tertiary alicyclic amines) is 1. The van der Waals surface area contributed by atoms with E-state index in [0.717, 1.165) is 31.5 Å². The van der Waals surface area contributed by atoms with Gasteiger partial charge in [-0.15, -0.1) is 11.3 Å². The molecule has 0 aliphatic carbocycles. The fourth-order valence-electron chi connectivity index (χ4n) is 2.86. The highest BCUT2D eigenvalue weighted by molar-refractivity contribution is 7.21. The number of piperidine rings is 1. The lowest BCUT2D eigenvalue weighted by Crippen LogP contribution is -2.35. The minimum atomic E-state index is -0.0124. The molecule has 0 bridgehead atoms. The highest BCUT2D eigenvalue weighted by Crippen LogP contribution is 2.33. The van der Waals surface area contributed by atoms with Gasteiger partial charge in [-0.25, -0.2) is 19.9 Å². The summed E-state index contributed by atoms with van der Waals surface area (Å²) in [6.07, 6.45) is 9.74. The molecule has 1 aliphatic heterocycles. The second kappa shape index (κ2) is 6.12. The Labute approximate surface area is 142 Å². The van der Waals surface area contributed by atoms with Crippen molar-refractivity contribution in [3.05, 3.63) is 29.8 Å². The Morgan fingerprint density at radius 1 is 1.12 bits per heavy atom. The first-order valence-corrected chi connectivity index (χ1v) is 8.65. The summed E-state index contributed by atoms with van der Waals surface area (Å²) in [4.78, 5) is 32.8. The number of hydrogen-bond donors (Lipinski definition) is 1. The van der Waals surface area contributed by atoms with Crippen molar-refractivity contribution in [1.29, 1.82) is 0 Å². The third-order valence-electron chi connectivity index (χ3n) is 4.13. The average Bonchev–Trinajstić information content (AvgIpc) is 2.99. The van der Waals surface area contributed by atoms with E-state index in [1.54, 1.807) is 18.6 Å². The van der Waals surface area contributed by atoms with Crippen LogP contribution in [0.3, 0.4) is 0 Å². The van der Waals surface area contributed by atoms with Crippen LogP contribution in [-0.4, -0.2) is 43.8 Å². The van der Waals surface area contributed by atoms with Crippen LogP contribution in [-0.2, 0) is 0 Å². The highest BCUT2D eigenvalue weighted by atomic mass is 32.1. The lowest BCUT2D eigenvalue weighted by molar-refractivity contribution is 0.0730. The van der Waals surface area contributed by atoms with Crippen LogP contribution in [0.4, 0.5) is 5.69 Å². The maximum atomic E-state index is 12.7. The van der Waals surface area contributed by atoms with E-state index in [1.165, 1.54) is 24.1 Å². The van der Waals surface area contributed by atoms with Crippen molar-refractivity contribution in [3.8, 4) is 11.3 Å². The number of nitrogens with zero attached hydrogens (tertiary/aromatic N) is 5. The summed E-state index contributed by atoms with van der Waals surface area (Å²) in [6, 6.07) is 0. The Morgan fingerprint density at radius 2 is 1.88 bits per heavy atom. The van der Waals surface area contributed by atoms with Crippen molar-refractivity contribution in [2.75, 3.05) is 18.8 Å². The fourth-order valence-corrected chi connectivity index (χ4v) is 3.88. The van der Waals surface area contributed by atoms with Crippen molar-refractivity contribution in [1.82, 2.24) is 24.8 Å². The minimum absolute atomic E-state index is 0.0124. The van der Waals surface area contributed by atoms with Gasteiger partial charge in [-0.3, -0.25) is 4.79 Å². The molecule has 24 heavy (non-hydrogen) atoms. The van der Waals surface area contributed by atoms with Gasteiger partial charge in [0.2, 0.25) is 0 Å². The number of carbonyl (C=O) groups excluding carboxylic acids is 1. The standard InChI is InChI=1S/C16H16N6OS/c17-12-13-15(21-11(8-20-13)10-6-18-9-19-7-10)24-14(12)16(23)22-4-2-1-3-5-22/h6-9H,1-5,17H2. The lowest BCUT2D eigenvalue weighted by atomic mass is 10.1. The number of carbonyl (C=O) groups is 1. The molecular formula is C16H16N6OS. The monoisotopic (exact) mass is 340 g/mol. The Hall–Kier alpha value is -2.61. The molecule has 0 atom stereocenters. The van der Waals surface area contributed by atoms with Gasteiger partial charge >= 0.3 is 0 Å². The molecule has 0 unspecified atom stereocenters. The van der Waals surface area contributed by atoms with Crippen molar-refractivity contribution < 1.29 is 4.79 Å². The molecule has 8 heteroatoms. The van der Waals surface area contributed by atoms with E-state index in [2.05, 4.69) is 19.9 Å². The van der Waals surface area contributed by atoms with Gasteiger partial charge in [0.15, 0.2) is 0 Å². The zero-order valence-corrected chi connectivity index (χ0v) is 13.8. The summed E-state index contributed by atoms with van der Waals surface area (Å²) in [6.45, 7) is 1.58. The van der Waals surface area contributed by atoms with Gasteiger partial charge in [0.25, 0.3) is 5.91 Å². The number of thiophene rings is 1. The molecule has 4 heterocycles. The SMILES string of the molecule is Nc1c(C(=O)N2CCCCC2)sc2nc(-c3cncnc3)cnc12. The molecular weight excluding hydrogens is 324 g/mol. The largest absolute Gasteiger partial charge is 0.396 e. The van der Waals surface area contributed by atoms with Gasteiger partial charge in [0, 0.05) is 31.0 Å². The Morgan fingerprint density at radius 3 is 2.62 bits per heavy atom. The second-order valence-corrected chi connectivity index (χ2v) is 6.73. The van der Waals surface area contributed by atoms with Gasteiger partial charge in [-0.2, -0.15) is 0 Å². The summed E-state index contributed by atoms with van der Waals surface area (Å²) in [5.41, 5.74) is 8.63. The number of nitrogens with two attached hydrogens (primary N) is 1. The van der Waals surface area contributed by atoms with E-state index >= 15 is 0 Å².